The average Bonchev–Trinajstić information content (AvgIpc) is 2.82. The van der Waals surface area contributed by atoms with E-state index in [0.29, 0.717) is 23.5 Å². The average molecular weight is 255 g/mol. The predicted molar refractivity (Wildman–Crippen MR) is 66.9 cm³/mol. The molecule has 0 saturated carbocycles. The van der Waals surface area contributed by atoms with Gasteiger partial charge >= 0.3 is 0 Å². The van der Waals surface area contributed by atoms with Crippen LogP contribution < -0.4 is 14.8 Å². The highest BCUT2D eigenvalue weighted by atomic mass is 32.2. The minimum atomic E-state index is 0.203. The van der Waals surface area contributed by atoms with Crippen molar-refractivity contribution in [3.8, 4) is 11.8 Å². The van der Waals surface area contributed by atoms with Crippen molar-refractivity contribution in [2.45, 2.75) is 24.6 Å². The van der Waals surface area contributed by atoms with E-state index in [1.807, 2.05) is 13.2 Å². The molecule has 1 saturated heterocycles. The maximum Gasteiger partial charge on any atom is 0.221 e. The molecule has 1 aromatic heterocycles. The van der Waals surface area contributed by atoms with Crippen LogP contribution in [0, 0.1) is 0 Å². The molecule has 5 nitrogen and oxygen atoms in total. The van der Waals surface area contributed by atoms with Gasteiger partial charge < -0.3 is 14.8 Å². The molecule has 0 radical (unpaired) electrons. The molecule has 17 heavy (non-hydrogen) atoms. The predicted octanol–water partition coefficient (Wildman–Crippen LogP) is 1.34. The highest BCUT2D eigenvalue weighted by Gasteiger charge is 2.17. The molecule has 0 spiro atoms. The molecule has 1 aliphatic rings. The van der Waals surface area contributed by atoms with Crippen LogP contribution in [0.4, 0.5) is 0 Å². The summed E-state index contributed by atoms with van der Waals surface area (Å²) in [7, 11) is 0. The highest BCUT2D eigenvalue weighted by molar-refractivity contribution is 7.98. The summed E-state index contributed by atoms with van der Waals surface area (Å²) < 4.78 is 11.2. The molecule has 0 aromatic carbocycles. The van der Waals surface area contributed by atoms with Gasteiger partial charge in [-0.2, -0.15) is 9.97 Å². The Kier molecular flexibility index (Phi) is 4.44. The van der Waals surface area contributed by atoms with Crippen LogP contribution in [0.3, 0.4) is 0 Å². The molecule has 6 heteroatoms. The fourth-order valence-corrected chi connectivity index (χ4v) is 2.02. The largest absolute Gasteiger partial charge is 0.478 e. The lowest BCUT2D eigenvalue weighted by Gasteiger charge is -2.12. The fourth-order valence-electron chi connectivity index (χ4n) is 1.66. The molecule has 94 valence electrons. The molecule has 2 rings (SSSR count). The van der Waals surface area contributed by atoms with Crippen molar-refractivity contribution in [3.05, 3.63) is 6.07 Å². The van der Waals surface area contributed by atoms with E-state index in [4.69, 9.17) is 9.47 Å². The summed E-state index contributed by atoms with van der Waals surface area (Å²) >= 11 is 1.48. The van der Waals surface area contributed by atoms with Crippen molar-refractivity contribution in [2.24, 2.45) is 0 Å². The summed E-state index contributed by atoms with van der Waals surface area (Å²) in [5, 5.41) is 3.93. The van der Waals surface area contributed by atoms with E-state index in [0.717, 1.165) is 19.5 Å². The Hall–Kier alpha value is -1.01. The second-order valence-electron chi connectivity index (χ2n) is 3.70. The Labute approximate surface area is 105 Å². The lowest BCUT2D eigenvalue weighted by atomic mass is 10.3. The molecule has 0 aliphatic carbocycles. The summed E-state index contributed by atoms with van der Waals surface area (Å²) in [5.41, 5.74) is 0. The minimum absolute atomic E-state index is 0.203. The molecular weight excluding hydrogens is 238 g/mol. The van der Waals surface area contributed by atoms with Crippen LogP contribution >= 0.6 is 11.8 Å². The molecule has 0 amide bonds. The fraction of sp³-hybridized carbons (Fsp3) is 0.636. The summed E-state index contributed by atoms with van der Waals surface area (Å²) in [4.78, 5) is 8.57. The van der Waals surface area contributed by atoms with E-state index >= 15 is 0 Å². The van der Waals surface area contributed by atoms with Crippen LogP contribution in [0.1, 0.15) is 13.3 Å². The molecule has 0 unspecified atom stereocenters. The number of aromatic nitrogens is 2. The molecule has 1 N–H and O–H groups in total. The van der Waals surface area contributed by atoms with Gasteiger partial charge in [-0.3, -0.25) is 0 Å². The zero-order chi connectivity index (χ0) is 12.1. The number of hydrogen-bond donors (Lipinski definition) is 1. The SMILES string of the molecule is CCOc1cc(O[C@H]2CCNC2)nc(SC)n1. The number of nitrogens with one attached hydrogen (secondary N) is 1. The number of nitrogens with zero attached hydrogens (tertiary/aromatic N) is 2. The first-order valence-corrected chi connectivity index (χ1v) is 6.97. The zero-order valence-electron chi connectivity index (χ0n) is 10.1. The van der Waals surface area contributed by atoms with Crippen molar-refractivity contribution in [2.75, 3.05) is 26.0 Å². The number of thioether (sulfide) groups is 1. The molecule has 2 heterocycles. The van der Waals surface area contributed by atoms with E-state index in [1.54, 1.807) is 6.07 Å². The molecular formula is C11H17N3O2S. The topological polar surface area (TPSA) is 56.3 Å². The van der Waals surface area contributed by atoms with Crippen LogP contribution in [0.2, 0.25) is 0 Å². The van der Waals surface area contributed by atoms with Crippen LogP contribution in [0.5, 0.6) is 11.8 Å². The number of hydrogen-bond acceptors (Lipinski definition) is 6. The van der Waals surface area contributed by atoms with Crippen molar-refractivity contribution in [1.29, 1.82) is 0 Å². The quantitative estimate of drug-likeness (QED) is 0.633. The Balaban J connectivity index is 2.10. The Morgan fingerprint density at radius 3 is 2.94 bits per heavy atom. The van der Waals surface area contributed by atoms with Crippen LogP contribution in [0.25, 0.3) is 0 Å². The van der Waals surface area contributed by atoms with Crippen LogP contribution in [-0.4, -0.2) is 42.0 Å². The van der Waals surface area contributed by atoms with Gasteiger partial charge in [-0.1, -0.05) is 11.8 Å². The number of ether oxygens (including phenoxy) is 2. The summed E-state index contributed by atoms with van der Waals surface area (Å²) in [6, 6.07) is 1.75. The van der Waals surface area contributed by atoms with E-state index < -0.39 is 0 Å². The molecule has 1 aliphatic heterocycles. The summed E-state index contributed by atoms with van der Waals surface area (Å²) in [6.45, 7) is 4.41. The molecule has 1 atom stereocenters. The first kappa shape index (κ1) is 12.4. The molecule has 1 aromatic rings. The minimum Gasteiger partial charge on any atom is -0.478 e. The zero-order valence-corrected chi connectivity index (χ0v) is 10.9. The van der Waals surface area contributed by atoms with Gasteiger partial charge in [0, 0.05) is 6.54 Å². The van der Waals surface area contributed by atoms with Gasteiger partial charge in [0.25, 0.3) is 0 Å². The van der Waals surface area contributed by atoms with Gasteiger partial charge in [0.2, 0.25) is 11.8 Å². The van der Waals surface area contributed by atoms with Crippen LogP contribution in [0.15, 0.2) is 11.2 Å². The smallest absolute Gasteiger partial charge is 0.221 e. The lowest BCUT2D eigenvalue weighted by molar-refractivity contribution is 0.209. The first-order chi connectivity index (χ1) is 8.31. The number of rotatable bonds is 5. The van der Waals surface area contributed by atoms with Crippen molar-refractivity contribution in [3.63, 3.8) is 0 Å². The van der Waals surface area contributed by atoms with E-state index in [1.165, 1.54) is 11.8 Å². The normalized spacial score (nSPS) is 19.3. The standard InChI is InChI=1S/C11H17N3O2S/c1-3-15-9-6-10(14-11(13-9)17-2)16-8-4-5-12-7-8/h6,8,12H,3-5,7H2,1-2H3/t8-/m0/s1. The van der Waals surface area contributed by atoms with E-state index in [9.17, 15) is 0 Å². The van der Waals surface area contributed by atoms with Gasteiger partial charge in [-0.05, 0) is 26.1 Å². The van der Waals surface area contributed by atoms with E-state index in [2.05, 4.69) is 15.3 Å². The summed E-state index contributed by atoms with van der Waals surface area (Å²) in [5.74, 6) is 1.18. The first-order valence-electron chi connectivity index (χ1n) is 5.75. The van der Waals surface area contributed by atoms with Gasteiger partial charge in [0.1, 0.15) is 6.10 Å². The molecule has 0 bridgehead atoms. The Bertz CT molecular complexity index is 370. The maximum atomic E-state index is 5.80. The third kappa shape index (κ3) is 3.47. The second kappa shape index (κ2) is 6.07. The van der Waals surface area contributed by atoms with Gasteiger partial charge in [0.15, 0.2) is 5.16 Å². The van der Waals surface area contributed by atoms with Crippen LogP contribution in [-0.2, 0) is 0 Å². The summed E-state index contributed by atoms with van der Waals surface area (Å²) in [6.07, 6.45) is 3.16. The third-order valence-electron chi connectivity index (χ3n) is 2.44. The molecule has 1 fully saturated rings. The van der Waals surface area contributed by atoms with Gasteiger partial charge in [-0.15, -0.1) is 0 Å². The van der Waals surface area contributed by atoms with Crippen molar-refractivity contribution in [1.82, 2.24) is 15.3 Å². The maximum absolute atomic E-state index is 5.80. The van der Waals surface area contributed by atoms with Crippen molar-refractivity contribution < 1.29 is 9.47 Å². The van der Waals surface area contributed by atoms with Crippen molar-refractivity contribution >= 4 is 11.8 Å². The Morgan fingerprint density at radius 1 is 1.47 bits per heavy atom. The second-order valence-corrected chi connectivity index (χ2v) is 4.47. The highest BCUT2D eigenvalue weighted by Crippen LogP contribution is 2.22. The lowest BCUT2D eigenvalue weighted by Crippen LogP contribution is -2.20. The third-order valence-corrected chi connectivity index (χ3v) is 2.98. The Morgan fingerprint density at radius 2 is 2.29 bits per heavy atom. The van der Waals surface area contributed by atoms with E-state index in [-0.39, 0.29) is 6.10 Å². The van der Waals surface area contributed by atoms with Gasteiger partial charge in [-0.25, -0.2) is 0 Å². The van der Waals surface area contributed by atoms with Gasteiger partial charge in [0.05, 0.1) is 12.7 Å². The monoisotopic (exact) mass is 255 g/mol.